The normalized spacial score (nSPS) is 21.8. The number of benzene rings is 1. The molecule has 238 valence electrons. The number of nitrogens with one attached hydrogen (secondary N) is 2. The van der Waals surface area contributed by atoms with Crippen LogP contribution in [-0.4, -0.2) is 80.0 Å². The smallest absolute Gasteiger partial charge is 0.251 e. The Bertz CT molecular complexity index is 1240. The molecular weight excluding hydrogens is 560 g/mol. The molecule has 2 aliphatic rings. The van der Waals surface area contributed by atoms with Gasteiger partial charge in [-0.2, -0.15) is 0 Å². The molecule has 10 heteroatoms. The molecule has 2 N–H and O–H groups in total. The number of carbonyl (C=O) groups is 4. The third-order valence-electron chi connectivity index (χ3n) is 8.74. The van der Waals surface area contributed by atoms with Gasteiger partial charge in [-0.05, 0) is 60.9 Å². The molecule has 1 aromatic carbocycles. The summed E-state index contributed by atoms with van der Waals surface area (Å²) in [5, 5.41) is 5.75. The van der Waals surface area contributed by atoms with Crippen LogP contribution >= 0.6 is 0 Å². The maximum atomic E-state index is 12.8. The zero-order chi connectivity index (χ0) is 31.5. The molecule has 1 saturated heterocycles. The van der Waals surface area contributed by atoms with Crippen LogP contribution in [0.1, 0.15) is 79.4 Å². The first-order chi connectivity index (χ1) is 21.3. The van der Waals surface area contributed by atoms with E-state index in [0.717, 1.165) is 31.2 Å². The molecule has 10 nitrogen and oxygen atoms in total. The van der Waals surface area contributed by atoms with E-state index in [4.69, 9.17) is 9.47 Å². The standard InChI is InChI=1S/C34H46N4O6/c1-23(2)32(40)26-10-6-24(7-11-26)25-8-12-27(13-9-25)33(41)36-15-17-43-19-20-44-18-16-37-34(42)29-21-30(39)38(3)31(29)28-5-4-14-35-22-28/h4-5,8-9,12-14,22-24,26,29,31H,6-7,10-11,15-21H2,1-3H3,(H,36,41)(H,37,42)/t24?,26?,29-,31+/m0/s1. The average molecular weight is 607 g/mol. The van der Waals surface area contributed by atoms with Gasteiger partial charge in [0.05, 0.1) is 38.4 Å². The summed E-state index contributed by atoms with van der Waals surface area (Å²) in [6.45, 7) is 6.10. The van der Waals surface area contributed by atoms with Crippen LogP contribution in [0.3, 0.4) is 0 Å². The largest absolute Gasteiger partial charge is 0.377 e. The predicted molar refractivity (Wildman–Crippen MR) is 166 cm³/mol. The highest BCUT2D eigenvalue weighted by molar-refractivity contribution is 5.94. The summed E-state index contributed by atoms with van der Waals surface area (Å²) in [4.78, 5) is 55.6. The van der Waals surface area contributed by atoms with Crippen molar-refractivity contribution < 1.29 is 28.7 Å². The minimum absolute atomic E-state index is 0.0632. The maximum Gasteiger partial charge on any atom is 0.251 e. The van der Waals surface area contributed by atoms with Crippen molar-refractivity contribution >= 4 is 23.5 Å². The van der Waals surface area contributed by atoms with Crippen LogP contribution in [0, 0.1) is 17.8 Å². The monoisotopic (exact) mass is 606 g/mol. The van der Waals surface area contributed by atoms with Crippen LogP contribution in [0.15, 0.2) is 48.8 Å². The number of aromatic nitrogens is 1. The molecule has 1 aliphatic carbocycles. The second-order valence-corrected chi connectivity index (χ2v) is 12.0. The van der Waals surface area contributed by atoms with Gasteiger partial charge in [0, 0.05) is 56.4 Å². The molecule has 44 heavy (non-hydrogen) atoms. The van der Waals surface area contributed by atoms with Crippen LogP contribution in [-0.2, 0) is 23.9 Å². The lowest BCUT2D eigenvalue weighted by Crippen LogP contribution is -2.36. The summed E-state index contributed by atoms with van der Waals surface area (Å²) < 4.78 is 11.1. The van der Waals surface area contributed by atoms with E-state index in [1.165, 1.54) is 5.56 Å². The number of Topliss-reactive ketones (excluding diaryl/α,β-unsaturated/α-hetero) is 1. The van der Waals surface area contributed by atoms with E-state index >= 15 is 0 Å². The van der Waals surface area contributed by atoms with Crippen LogP contribution in [0.2, 0.25) is 0 Å². The van der Waals surface area contributed by atoms with Crippen molar-refractivity contribution in [1.29, 1.82) is 0 Å². The van der Waals surface area contributed by atoms with Crippen LogP contribution in [0.25, 0.3) is 0 Å². The van der Waals surface area contributed by atoms with E-state index in [2.05, 4.69) is 15.6 Å². The molecule has 2 heterocycles. The van der Waals surface area contributed by atoms with Crippen molar-refractivity contribution in [2.75, 3.05) is 46.6 Å². The number of hydrogen-bond donors (Lipinski definition) is 2. The van der Waals surface area contributed by atoms with Gasteiger partial charge in [-0.1, -0.05) is 32.0 Å². The SMILES string of the molecule is CC(C)C(=O)C1CCC(c2ccc(C(=O)NCCOCCOCCNC(=O)[C@H]3CC(=O)N(C)[C@@H]3c3cccnc3)cc2)CC1. The van der Waals surface area contributed by atoms with Gasteiger partial charge in [0.1, 0.15) is 5.78 Å². The van der Waals surface area contributed by atoms with E-state index in [1.54, 1.807) is 30.4 Å². The molecule has 0 bridgehead atoms. The Balaban J connectivity index is 1.04. The van der Waals surface area contributed by atoms with Gasteiger partial charge in [0.15, 0.2) is 0 Å². The Kier molecular flexibility index (Phi) is 12.4. The third kappa shape index (κ3) is 8.95. The van der Waals surface area contributed by atoms with Crippen molar-refractivity contribution in [2.45, 2.75) is 57.9 Å². The molecule has 4 rings (SSSR count). The molecule has 1 aromatic heterocycles. The van der Waals surface area contributed by atoms with Crippen molar-refractivity contribution in [3.05, 3.63) is 65.5 Å². The number of pyridine rings is 1. The van der Waals surface area contributed by atoms with E-state index in [1.807, 2.05) is 44.2 Å². The lowest BCUT2D eigenvalue weighted by molar-refractivity contribution is -0.128. The zero-order valence-corrected chi connectivity index (χ0v) is 26.1. The van der Waals surface area contributed by atoms with Crippen molar-refractivity contribution in [3.63, 3.8) is 0 Å². The number of nitrogens with zero attached hydrogens (tertiary/aromatic N) is 2. The molecule has 1 saturated carbocycles. The van der Waals surface area contributed by atoms with Gasteiger partial charge in [-0.15, -0.1) is 0 Å². The van der Waals surface area contributed by atoms with E-state index < -0.39 is 5.92 Å². The Hall–Kier alpha value is -3.63. The minimum atomic E-state index is -0.472. The molecule has 1 aliphatic heterocycles. The van der Waals surface area contributed by atoms with E-state index in [9.17, 15) is 19.2 Å². The second kappa shape index (κ2) is 16.4. The molecule has 2 fully saturated rings. The Morgan fingerprint density at radius 1 is 0.909 bits per heavy atom. The quantitative estimate of drug-likeness (QED) is 0.296. The number of rotatable bonds is 15. The van der Waals surface area contributed by atoms with Crippen molar-refractivity contribution in [3.8, 4) is 0 Å². The highest BCUT2D eigenvalue weighted by atomic mass is 16.5. The number of hydrogen-bond acceptors (Lipinski definition) is 7. The molecule has 2 atom stereocenters. The van der Waals surface area contributed by atoms with Crippen molar-refractivity contribution in [2.24, 2.45) is 17.8 Å². The summed E-state index contributed by atoms with van der Waals surface area (Å²) in [7, 11) is 1.71. The molecule has 3 amide bonds. The number of likely N-dealkylation sites (tertiary alicyclic amines) is 1. The topological polar surface area (TPSA) is 127 Å². The number of amides is 3. The maximum absolute atomic E-state index is 12.8. The van der Waals surface area contributed by atoms with E-state index in [-0.39, 0.29) is 42.0 Å². The van der Waals surface area contributed by atoms with Crippen LogP contribution in [0.5, 0.6) is 0 Å². The molecule has 2 aromatic rings. The number of ketones is 1. The lowest BCUT2D eigenvalue weighted by atomic mass is 9.75. The van der Waals surface area contributed by atoms with E-state index in [0.29, 0.717) is 56.8 Å². The second-order valence-electron chi connectivity index (χ2n) is 12.0. The zero-order valence-electron chi connectivity index (χ0n) is 26.1. The molecule has 0 radical (unpaired) electrons. The Morgan fingerprint density at radius 2 is 1.57 bits per heavy atom. The summed E-state index contributed by atoms with van der Waals surface area (Å²) in [6, 6.07) is 11.1. The first-order valence-corrected chi connectivity index (χ1v) is 15.8. The van der Waals surface area contributed by atoms with Gasteiger partial charge in [0.25, 0.3) is 5.91 Å². The van der Waals surface area contributed by atoms with Gasteiger partial charge >= 0.3 is 0 Å². The fourth-order valence-corrected chi connectivity index (χ4v) is 6.24. The van der Waals surface area contributed by atoms with Gasteiger partial charge < -0.3 is 25.0 Å². The summed E-state index contributed by atoms with van der Waals surface area (Å²) in [6.07, 6.45) is 7.44. The Labute approximate surface area is 260 Å². The number of ether oxygens (including phenoxy) is 2. The first kappa shape index (κ1) is 33.3. The third-order valence-corrected chi connectivity index (χ3v) is 8.74. The molecule has 0 unspecified atom stereocenters. The molecular formula is C34H46N4O6. The van der Waals surface area contributed by atoms with Crippen molar-refractivity contribution in [1.82, 2.24) is 20.5 Å². The molecule has 0 spiro atoms. The average Bonchev–Trinajstić information content (AvgIpc) is 3.35. The van der Waals surface area contributed by atoms with Gasteiger partial charge in [-0.25, -0.2) is 0 Å². The summed E-state index contributed by atoms with van der Waals surface area (Å²) >= 11 is 0. The number of carbonyl (C=O) groups excluding carboxylic acids is 4. The summed E-state index contributed by atoms with van der Waals surface area (Å²) in [5.41, 5.74) is 2.69. The highest BCUT2D eigenvalue weighted by Gasteiger charge is 2.42. The minimum Gasteiger partial charge on any atom is -0.377 e. The fourth-order valence-electron chi connectivity index (χ4n) is 6.24. The first-order valence-electron chi connectivity index (χ1n) is 15.8. The van der Waals surface area contributed by atoms with Crippen LogP contribution < -0.4 is 10.6 Å². The summed E-state index contributed by atoms with van der Waals surface area (Å²) in [5.74, 6) is 0.279. The lowest BCUT2D eigenvalue weighted by Gasteiger charge is -2.29. The van der Waals surface area contributed by atoms with Crippen LogP contribution in [0.4, 0.5) is 0 Å². The van der Waals surface area contributed by atoms with Gasteiger partial charge in [0.2, 0.25) is 11.8 Å². The van der Waals surface area contributed by atoms with Gasteiger partial charge in [-0.3, -0.25) is 24.2 Å². The predicted octanol–water partition coefficient (Wildman–Crippen LogP) is 3.68. The Morgan fingerprint density at radius 3 is 2.18 bits per heavy atom. The fraction of sp³-hybridized carbons (Fsp3) is 0.559. The highest BCUT2D eigenvalue weighted by Crippen LogP contribution is 2.38.